The summed E-state index contributed by atoms with van der Waals surface area (Å²) in [4.78, 5) is 0. The van der Waals surface area contributed by atoms with Gasteiger partial charge in [0.2, 0.25) is 0 Å². The van der Waals surface area contributed by atoms with Crippen LogP contribution in [0.25, 0.3) is 0 Å². The van der Waals surface area contributed by atoms with Crippen molar-refractivity contribution < 1.29 is 4.39 Å². The van der Waals surface area contributed by atoms with Gasteiger partial charge in [0.25, 0.3) is 0 Å². The molecule has 5 heteroatoms. The van der Waals surface area contributed by atoms with Crippen molar-refractivity contribution in [3.63, 3.8) is 0 Å². The smallest absolute Gasteiger partial charge is 0.129 e. The summed E-state index contributed by atoms with van der Waals surface area (Å²) in [6.07, 6.45) is 4.68. The van der Waals surface area contributed by atoms with Crippen LogP contribution >= 0.6 is 15.9 Å². The van der Waals surface area contributed by atoms with Gasteiger partial charge in [0.05, 0.1) is 0 Å². The summed E-state index contributed by atoms with van der Waals surface area (Å²) in [6.45, 7) is 3.67. The Labute approximate surface area is 121 Å². The Kier molecular flexibility index (Phi) is 5.10. The molecule has 2 aromatic rings. The van der Waals surface area contributed by atoms with E-state index in [1.807, 2.05) is 36.0 Å². The van der Waals surface area contributed by atoms with Gasteiger partial charge in [-0.25, -0.2) is 4.39 Å². The minimum Gasteiger partial charge on any atom is -0.310 e. The summed E-state index contributed by atoms with van der Waals surface area (Å²) in [7, 11) is 0. The van der Waals surface area contributed by atoms with E-state index >= 15 is 0 Å². The topological polar surface area (TPSA) is 29.9 Å². The number of aryl methyl sites for hydroxylation is 1. The quantitative estimate of drug-likeness (QED) is 0.823. The standard InChI is InChI=1S/C14H17BrFN3/c1-11(13-5-4-12(15)10-14(13)16)17-6-2-8-19-9-3-7-18-19/h3-5,7,9-11,17H,2,6,8H2,1H3. The van der Waals surface area contributed by atoms with Gasteiger partial charge >= 0.3 is 0 Å². The second-order valence-corrected chi connectivity index (χ2v) is 5.38. The zero-order valence-electron chi connectivity index (χ0n) is 10.8. The number of halogens is 2. The molecule has 1 aromatic carbocycles. The van der Waals surface area contributed by atoms with Crippen molar-refractivity contribution in [1.82, 2.24) is 15.1 Å². The minimum atomic E-state index is -0.179. The van der Waals surface area contributed by atoms with Crippen LogP contribution in [0.15, 0.2) is 41.1 Å². The Balaban J connectivity index is 1.79. The van der Waals surface area contributed by atoms with E-state index in [1.165, 1.54) is 6.07 Å². The van der Waals surface area contributed by atoms with Crippen LogP contribution in [0.3, 0.4) is 0 Å². The van der Waals surface area contributed by atoms with Gasteiger partial charge < -0.3 is 5.32 Å². The molecular weight excluding hydrogens is 309 g/mol. The van der Waals surface area contributed by atoms with Crippen molar-refractivity contribution in [2.75, 3.05) is 6.54 Å². The molecule has 1 heterocycles. The van der Waals surface area contributed by atoms with E-state index in [4.69, 9.17) is 0 Å². The molecule has 0 radical (unpaired) electrons. The van der Waals surface area contributed by atoms with E-state index in [-0.39, 0.29) is 11.9 Å². The van der Waals surface area contributed by atoms with Crippen molar-refractivity contribution in [2.24, 2.45) is 0 Å². The number of hydrogen-bond donors (Lipinski definition) is 1. The normalized spacial score (nSPS) is 12.6. The van der Waals surface area contributed by atoms with Crippen LogP contribution in [0.2, 0.25) is 0 Å². The molecular formula is C14H17BrFN3. The Morgan fingerprint density at radius 1 is 1.47 bits per heavy atom. The van der Waals surface area contributed by atoms with Crippen molar-refractivity contribution in [2.45, 2.75) is 25.9 Å². The molecule has 0 bridgehead atoms. The average molecular weight is 326 g/mol. The van der Waals surface area contributed by atoms with E-state index < -0.39 is 0 Å². The van der Waals surface area contributed by atoms with Gasteiger partial charge in [-0.3, -0.25) is 4.68 Å². The largest absolute Gasteiger partial charge is 0.310 e. The van der Waals surface area contributed by atoms with Crippen molar-refractivity contribution in [3.8, 4) is 0 Å². The van der Waals surface area contributed by atoms with Gasteiger partial charge in [0.15, 0.2) is 0 Å². The Morgan fingerprint density at radius 3 is 3.00 bits per heavy atom. The maximum Gasteiger partial charge on any atom is 0.129 e. The number of hydrogen-bond acceptors (Lipinski definition) is 2. The lowest BCUT2D eigenvalue weighted by Crippen LogP contribution is -2.22. The molecule has 1 atom stereocenters. The molecule has 0 aliphatic rings. The Morgan fingerprint density at radius 2 is 2.32 bits per heavy atom. The van der Waals surface area contributed by atoms with Crippen molar-refractivity contribution >= 4 is 15.9 Å². The minimum absolute atomic E-state index is 0.00530. The van der Waals surface area contributed by atoms with Crippen molar-refractivity contribution in [1.29, 1.82) is 0 Å². The number of nitrogens with zero attached hydrogens (tertiary/aromatic N) is 2. The van der Waals surface area contributed by atoms with E-state index in [2.05, 4.69) is 26.3 Å². The molecule has 3 nitrogen and oxygen atoms in total. The van der Waals surface area contributed by atoms with Crippen LogP contribution in [0.4, 0.5) is 4.39 Å². The average Bonchev–Trinajstić information content (AvgIpc) is 2.87. The third kappa shape index (κ3) is 4.14. The molecule has 0 saturated heterocycles. The lowest BCUT2D eigenvalue weighted by molar-refractivity contribution is 0.491. The van der Waals surface area contributed by atoms with Gasteiger partial charge in [0.1, 0.15) is 5.82 Å². The van der Waals surface area contributed by atoms with Gasteiger partial charge in [0, 0.05) is 35.0 Å². The molecule has 0 aliphatic carbocycles. The monoisotopic (exact) mass is 325 g/mol. The maximum absolute atomic E-state index is 13.7. The van der Waals surface area contributed by atoms with Crippen LogP contribution in [-0.4, -0.2) is 16.3 Å². The van der Waals surface area contributed by atoms with E-state index in [9.17, 15) is 4.39 Å². The highest BCUT2D eigenvalue weighted by atomic mass is 79.9. The number of aromatic nitrogens is 2. The lowest BCUT2D eigenvalue weighted by atomic mass is 10.1. The Bertz CT molecular complexity index is 513. The second kappa shape index (κ2) is 6.82. The molecule has 19 heavy (non-hydrogen) atoms. The molecule has 1 aromatic heterocycles. The third-order valence-corrected chi connectivity index (χ3v) is 3.50. The maximum atomic E-state index is 13.7. The summed E-state index contributed by atoms with van der Waals surface area (Å²) < 4.78 is 16.4. The highest BCUT2D eigenvalue weighted by Crippen LogP contribution is 2.20. The zero-order chi connectivity index (χ0) is 13.7. The highest BCUT2D eigenvalue weighted by Gasteiger charge is 2.10. The first-order valence-corrected chi connectivity index (χ1v) is 7.12. The molecule has 0 amide bonds. The lowest BCUT2D eigenvalue weighted by Gasteiger charge is -2.15. The fourth-order valence-electron chi connectivity index (χ4n) is 1.95. The predicted octanol–water partition coefficient (Wildman–Crippen LogP) is 3.53. The fraction of sp³-hybridized carbons (Fsp3) is 0.357. The summed E-state index contributed by atoms with van der Waals surface area (Å²) in [6, 6.07) is 7.08. The van der Waals surface area contributed by atoms with E-state index in [1.54, 1.807) is 6.20 Å². The van der Waals surface area contributed by atoms with E-state index in [0.717, 1.165) is 24.0 Å². The summed E-state index contributed by atoms with van der Waals surface area (Å²) in [5, 5.41) is 7.46. The second-order valence-electron chi connectivity index (χ2n) is 4.46. The summed E-state index contributed by atoms with van der Waals surface area (Å²) in [5.41, 5.74) is 0.697. The summed E-state index contributed by atoms with van der Waals surface area (Å²) in [5.74, 6) is -0.179. The molecule has 2 rings (SSSR count). The first-order valence-electron chi connectivity index (χ1n) is 6.32. The van der Waals surface area contributed by atoms with Gasteiger partial charge in [-0.15, -0.1) is 0 Å². The number of benzene rings is 1. The van der Waals surface area contributed by atoms with Gasteiger partial charge in [-0.05, 0) is 38.1 Å². The molecule has 102 valence electrons. The van der Waals surface area contributed by atoms with Crippen molar-refractivity contribution in [3.05, 3.63) is 52.5 Å². The molecule has 1 unspecified atom stereocenters. The zero-order valence-corrected chi connectivity index (χ0v) is 12.4. The fourth-order valence-corrected chi connectivity index (χ4v) is 2.29. The first-order chi connectivity index (χ1) is 9.16. The molecule has 1 N–H and O–H groups in total. The number of nitrogens with one attached hydrogen (secondary N) is 1. The molecule has 0 fully saturated rings. The third-order valence-electron chi connectivity index (χ3n) is 3.00. The summed E-state index contributed by atoms with van der Waals surface area (Å²) >= 11 is 3.26. The van der Waals surface area contributed by atoms with Crippen LogP contribution in [0.1, 0.15) is 24.9 Å². The molecule has 0 aliphatic heterocycles. The van der Waals surface area contributed by atoms with Gasteiger partial charge in [-0.1, -0.05) is 22.0 Å². The molecule has 0 spiro atoms. The number of rotatable bonds is 6. The first kappa shape index (κ1) is 14.2. The van der Waals surface area contributed by atoms with Crippen LogP contribution in [-0.2, 0) is 6.54 Å². The van der Waals surface area contributed by atoms with Crippen LogP contribution in [0.5, 0.6) is 0 Å². The van der Waals surface area contributed by atoms with E-state index in [0.29, 0.717) is 5.56 Å². The SMILES string of the molecule is CC(NCCCn1cccn1)c1ccc(Br)cc1F. The van der Waals surface area contributed by atoms with Crippen LogP contribution in [0, 0.1) is 5.82 Å². The van der Waals surface area contributed by atoms with Crippen LogP contribution < -0.4 is 5.32 Å². The highest BCUT2D eigenvalue weighted by molar-refractivity contribution is 9.10. The predicted molar refractivity (Wildman–Crippen MR) is 77.4 cm³/mol. The van der Waals surface area contributed by atoms with Gasteiger partial charge in [-0.2, -0.15) is 5.10 Å². The molecule has 0 saturated carbocycles. The Hall–Kier alpha value is -1.20.